The fourth-order valence-electron chi connectivity index (χ4n) is 1.77. The lowest BCUT2D eigenvalue weighted by Gasteiger charge is -2.15. The van der Waals surface area contributed by atoms with Crippen LogP contribution in [0, 0.1) is 0 Å². The average Bonchev–Trinajstić information content (AvgIpc) is 2.35. The van der Waals surface area contributed by atoms with E-state index in [-0.39, 0.29) is 11.7 Å². The van der Waals surface area contributed by atoms with E-state index < -0.39 is 11.8 Å². The maximum absolute atomic E-state index is 12.0. The fourth-order valence-corrected chi connectivity index (χ4v) is 1.77. The van der Waals surface area contributed by atoms with Gasteiger partial charge in [0.1, 0.15) is 5.75 Å². The summed E-state index contributed by atoms with van der Waals surface area (Å²) in [5.74, 6) is -0.578. The predicted octanol–water partition coefficient (Wildman–Crippen LogP) is 2.81. The fraction of sp³-hybridized carbons (Fsp3) is 0.364. The summed E-state index contributed by atoms with van der Waals surface area (Å²) in [6.45, 7) is 3.41. The Morgan fingerprint density at radius 2 is 1.94 bits per heavy atom. The molecule has 0 unspecified atom stereocenters. The molecule has 6 heteroatoms. The first kappa shape index (κ1) is 11.8. The van der Waals surface area contributed by atoms with Gasteiger partial charge in [0.15, 0.2) is 0 Å². The molecule has 92 valence electrons. The van der Waals surface area contributed by atoms with Crippen LogP contribution in [0.2, 0.25) is 0 Å². The van der Waals surface area contributed by atoms with Gasteiger partial charge in [0.2, 0.25) is 5.91 Å². The quantitative estimate of drug-likeness (QED) is 0.826. The van der Waals surface area contributed by atoms with E-state index in [0.29, 0.717) is 11.3 Å². The van der Waals surface area contributed by atoms with Crippen LogP contribution in [0.1, 0.15) is 19.4 Å². The Hall–Kier alpha value is -1.72. The molecule has 1 amide bonds. The summed E-state index contributed by atoms with van der Waals surface area (Å²) < 4.78 is 39.8. The third-order valence-corrected chi connectivity index (χ3v) is 2.71. The predicted molar refractivity (Wildman–Crippen MR) is 54.8 cm³/mol. The van der Waals surface area contributed by atoms with Crippen molar-refractivity contribution in [2.75, 3.05) is 5.32 Å². The third-order valence-electron chi connectivity index (χ3n) is 2.71. The van der Waals surface area contributed by atoms with E-state index in [4.69, 9.17) is 0 Å². The number of amides is 1. The molecule has 0 atom stereocenters. The molecule has 3 nitrogen and oxygen atoms in total. The van der Waals surface area contributed by atoms with Crippen molar-refractivity contribution in [3.05, 3.63) is 23.8 Å². The van der Waals surface area contributed by atoms with E-state index in [0.717, 1.165) is 0 Å². The number of nitrogens with one attached hydrogen (secondary N) is 1. The first-order valence-corrected chi connectivity index (χ1v) is 4.92. The molecule has 1 aromatic carbocycles. The number of alkyl halides is 3. The highest BCUT2D eigenvalue weighted by atomic mass is 19.4. The smallest absolute Gasteiger partial charge is 0.406 e. The Morgan fingerprint density at radius 1 is 1.29 bits per heavy atom. The lowest BCUT2D eigenvalue weighted by molar-refractivity contribution is -0.274. The highest BCUT2D eigenvalue weighted by Crippen LogP contribution is 2.39. The number of carbonyl (C=O) groups is 1. The van der Waals surface area contributed by atoms with Gasteiger partial charge in [-0.3, -0.25) is 4.79 Å². The van der Waals surface area contributed by atoms with Crippen LogP contribution in [0.25, 0.3) is 0 Å². The number of benzene rings is 1. The minimum absolute atomic E-state index is 0.239. The Kier molecular flexibility index (Phi) is 2.34. The highest BCUT2D eigenvalue weighted by molar-refractivity contribution is 6.05. The largest absolute Gasteiger partial charge is 0.573 e. The molecule has 0 aromatic heterocycles. The monoisotopic (exact) mass is 245 g/mol. The standard InChI is InChI=1S/C11H10F3NO2/c1-10(2)7-4-3-6(17-11(12,13)14)5-8(7)15-9(10)16/h3-5H,1-2H3,(H,15,16). The molecule has 0 aliphatic carbocycles. The summed E-state index contributed by atoms with van der Waals surface area (Å²) >= 11 is 0. The van der Waals surface area contributed by atoms with Crippen molar-refractivity contribution < 1.29 is 22.7 Å². The number of carbonyl (C=O) groups excluding carboxylic acids is 1. The zero-order chi connectivity index (χ0) is 12.8. The second kappa shape index (κ2) is 3.38. The molecule has 0 saturated carbocycles. The number of fused-ring (bicyclic) bond motifs is 1. The molecule has 1 aliphatic rings. The first-order chi connectivity index (χ1) is 7.70. The van der Waals surface area contributed by atoms with E-state index in [1.165, 1.54) is 18.2 Å². The van der Waals surface area contributed by atoms with E-state index in [2.05, 4.69) is 10.1 Å². The zero-order valence-corrected chi connectivity index (χ0v) is 9.18. The van der Waals surface area contributed by atoms with Gasteiger partial charge in [0, 0.05) is 11.8 Å². The van der Waals surface area contributed by atoms with Crippen molar-refractivity contribution >= 4 is 11.6 Å². The van der Waals surface area contributed by atoms with E-state index in [9.17, 15) is 18.0 Å². The van der Waals surface area contributed by atoms with Crippen LogP contribution < -0.4 is 10.1 Å². The Labute approximate surface area is 95.6 Å². The van der Waals surface area contributed by atoms with Crippen LogP contribution in [-0.4, -0.2) is 12.3 Å². The van der Waals surface area contributed by atoms with Gasteiger partial charge in [0.05, 0.1) is 5.41 Å². The summed E-state index contributed by atoms with van der Waals surface area (Å²) in [5, 5.41) is 2.53. The van der Waals surface area contributed by atoms with Crippen LogP contribution in [0.15, 0.2) is 18.2 Å². The molecular formula is C11H10F3NO2. The molecule has 0 radical (unpaired) electrons. The van der Waals surface area contributed by atoms with Gasteiger partial charge in [-0.05, 0) is 25.5 Å². The lowest BCUT2D eigenvalue weighted by Crippen LogP contribution is -2.26. The van der Waals surface area contributed by atoms with Crippen molar-refractivity contribution in [2.45, 2.75) is 25.6 Å². The summed E-state index contributed by atoms with van der Waals surface area (Å²) in [4.78, 5) is 11.6. The van der Waals surface area contributed by atoms with Gasteiger partial charge in [-0.2, -0.15) is 0 Å². The van der Waals surface area contributed by atoms with Crippen LogP contribution in [0.3, 0.4) is 0 Å². The normalized spacial score (nSPS) is 17.6. The van der Waals surface area contributed by atoms with Crippen molar-refractivity contribution in [1.82, 2.24) is 0 Å². The van der Waals surface area contributed by atoms with Crippen LogP contribution >= 0.6 is 0 Å². The zero-order valence-electron chi connectivity index (χ0n) is 9.18. The number of anilines is 1. The molecule has 1 aliphatic heterocycles. The van der Waals surface area contributed by atoms with Crippen LogP contribution in [0.4, 0.5) is 18.9 Å². The molecule has 1 N–H and O–H groups in total. The maximum Gasteiger partial charge on any atom is 0.573 e. The summed E-state index contributed by atoms with van der Waals surface area (Å²) in [6.07, 6.45) is -4.73. The van der Waals surface area contributed by atoms with Gasteiger partial charge < -0.3 is 10.1 Å². The highest BCUT2D eigenvalue weighted by Gasteiger charge is 2.39. The van der Waals surface area contributed by atoms with Gasteiger partial charge in [-0.1, -0.05) is 6.07 Å². The minimum Gasteiger partial charge on any atom is -0.406 e. The Morgan fingerprint density at radius 3 is 2.53 bits per heavy atom. The topological polar surface area (TPSA) is 38.3 Å². The van der Waals surface area contributed by atoms with E-state index in [1.54, 1.807) is 13.8 Å². The van der Waals surface area contributed by atoms with Crippen molar-refractivity contribution in [2.24, 2.45) is 0 Å². The second-order valence-electron chi connectivity index (χ2n) is 4.33. The summed E-state index contributed by atoms with van der Waals surface area (Å²) in [7, 11) is 0. The van der Waals surface area contributed by atoms with Crippen LogP contribution in [-0.2, 0) is 10.2 Å². The number of rotatable bonds is 1. The van der Waals surface area contributed by atoms with Gasteiger partial charge >= 0.3 is 6.36 Å². The molecule has 1 aromatic rings. The number of hydrogen-bond donors (Lipinski definition) is 1. The first-order valence-electron chi connectivity index (χ1n) is 4.92. The molecule has 0 spiro atoms. The Balaban J connectivity index is 2.36. The maximum atomic E-state index is 12.0. The van der Waals surface area contributed by atoms with E-state index in [1.807, 2.05) is 0 Å². The SMILES string of the molecule is CC1(C)C(=O)Nc2cc(OC(F)(F)F)ccc21. The average molecular weight is 245 g/mol. The minimum atomic E-state index is -4.73. The third kappa shape index (κ3) is 2.07. The van der Waals surface area contributed by atoms with Gasteiger partial charge in [-0.15, -0.1) is 13.2 Å². The lowest BCUT2D eigenvalue weighted by atomic mass is 9.86. The summed E-state index contributed by atoms with van der Waals surface area (Å²) in [5.41, 5.74) is 0.297. The van der Waals surface area contributed by atoms with E-state index >= 15 is 0 Å². The number of ether oxygens (including phenoxy) is 1. The molecule has 17 heavy (non-hydrogen) atoms. The molecule has 1 heterocycles. The van der Waals surface area contributed by atoms with Crippen molar-refractivity contribution in [3.8, 4) is 5.75 Å². The van der Waals surface area contributed by atoms with Gasteiger partial charge in [0.25, 0.3) is 0 Å². The van der Waals surface area contributed by atoms with Crippen molar-refractivity contribution in [3.63, 3.8) is 0 Å². The molecule has 0 bridgehead atoms. The Bertz CT molecular complexity index is 480. The molecule has 0 fully saturated rings. The molecule has 2 rings (SSSR count). The van der Waals surface area contributed by atoms with Crippen molar-refractivity contribution in [1.29, 1.82) is 0 Å². The molecular weight excluding hydrogens is 235 g/mol. The molecule has 0 saturated heterocycles. The van der Waals surface area contributed by atoms with Crippen LogP contribution in [0.5, 0.6) is 5.75 Å². The second-order valence-corrected chi connectivity index (χ2v) is 4.33. The number of halogens is 3. The number of hydrogen-bond acceptors (Lipinski definition) is 2. The van der Waals surface area contributed by atoms with Gasteiger partial charge in [-0.25, -0.2) is 0 Å². The summed E-state index contributed by atoms with van der Waals surface area (Å²) in [6, 6.07) is 3.85.